The summed E-state index contributed by atoms with van der Waals surface area (Å²) in [6, 6.07) is 2.93. The smallest absolute Gasteiger partial charge is 0.307 e. The highest BCUT2D eigenvalue weighted by Gasteiger charge is 2.39. The standard InChI is InChI=1S/C9H8ClFN2O3S/c10-8-3-6(1-2-12-8)13-5-7(4-9(13)14)17(11,15)16/h1-3,7H,4-5H2. The predicted molar refractivity (Wildman–Crippen MR) is 60.0 cm³/mol. The van der Waals surface area contributed by atoms with Crippen molar-refractivity contribution in [2.75, 3.05) is 11.4 Å². The molecule has 1 aliphatic rings. The Labute approximate surface area is 102 Å². The number of aromatic nitrogens is 1. The highest BCUT2D eigenvalue weighted by molar-refractivity contribution is 7.87. The Morgan fingerprint density at radius 1 is 1.53 bits per heavy atom. The fourth-order valence-electron chi connectivity index (χ4n) is 1.67. The first kappa shape index (κ1) is 12.3. The van der Waals surface area contributed by atoms with Gasteiger partial charge < -0.3 is 4.90 Å². The number of nitrogens with zero attached hydrogens (tertiary/aromatic N) is 2. The summed E-state index contributed by atoms with van der Waals surface area (Å²) < 4.78 is 34.3. The third-order valence-corrected chi connectivity index (χ3v) is 3.83. The first-order valence-corrected chi connectivity index (χ1v) is 6.56. The Kier molecular flexibility index (Phi) is 3.05. The molecule has 1 aliphatic heterocycles. The fourth-order valence-corrected chi connectivity index (χ4v) is 2.51. The minimum Gasteiger partial charge on any atom is -0.311 e. The van der Waals surface area contributed by atoms with Gasteiger partial charge in [0.25, 0.3) is 0 Å². The lowest BCUT2D eigenvalue weighted by Crippen LogP contribution is -2.26. The number of anilines is 1. The molecule has 2 heterocycles. The van der Waals surface area contributed by atoms with E-state index in [9.17, 15) is 17.1 Å². The van der Waals surface area contributed by atoms with Crippen LogP contribution in [0.5, 0.6) is 0 Å². The Hall–Kier alpha value is -1.21. The summed E-state index contributed by atoms with van der Waals surface area (Å²) in [6.07, 6.45) is 1.04. The monoisotopic (exact) mass is 278 g/mol. The average Bonchev–Trinajstić information content (AvgIpc) is 2.60. The zero-order valence-electron chi connectivity index (χ0n) is 8.51. The maximum absolute atomic E-state index is 12.8. The Morgan fingerprint density at radius 3 is 2.76 bits per heavy atom. The molecule has 17 heavy (non-hydrogen) atoms. The number of rotatable bonds is 2. The van der Waals surface area contributed by atoms with E-state index in [4.69, 9.17) is 11.6 Å². The van der Waals surface area contributed by atoms with Gasteiger partial charge in [0, 0.05) is 24.8 Å². The molecule has 0 aliphatic carbocycles. The van der Waals surface area contributed by atoms with E-state index in [1.807, 2.05) is 0 Å². The number of carbonyl (C=O) groups excluding carboxylic acids is 1. The van der Waals surface area contributed by atoms with E-state index in [0.29, 0.717) is 5.69 Å². The van der Waals surface area contributed by atoms with E-state index >= 15 is 0 Å². The van der Waals surface area contributed by atoms with Crippen LogP contribution in [0.2, 0.25) is 5.15 Å². The minimum absolute atomic E-state index is 0.182. The lowest BCUT2D eigenvalue weighted by molar-refractivity contribution is -0.117. The SMILES string of the molecule is O=C1CC(S(=O)(=O)F)CN1c1ccnc(Cl)c1. The molecular weight excluding hydrogens is 271 g/mol. The fraction of sp³-hybridized carbons (Fsp3) is 0.333. The number of carbonyl (C=O) groups is 1. The highest BCUT2D eigenvalue weighted by Crippen LogP contribution is 2.26. The molecule has 0 N–H and O–H groups in total. The summed E-state index contributed by atoms with van der Waals surface area (Å²) >= 11 is 5.66. The van der Waals surface area contributed by atoms with Crippen LogP contribution in [0.4, 0.5) is 9.57 Å². The second kappa shape index (κ2) is 4.23. The van der Waals surface area contributed by atoms with Crippen LogP contribution >= 0.6 is 11.6 Å². The number of amides is 1. The molecule has 0 bridgehead atoms. The Morgan fingerprint density at radius 2 is 2.24 bits per heavy atom. The van der Waals surface area contributed by atoms with Crippen molar-refractivity contribution in [1.29, 1.82) is 0 Å². The summed E-state index contributed by atoms with van der Waals surface area (Å²) in [7, 11) is -4.70. The quantitative estimate of drug-likeness (QED) is 0.601. The highest BCUT2D eigenvalue weighted by atomic mass is 35.5. The van der Waals surface area contributed by atoms with Crippen LogP contribution in [0, 0.1) is 0 Å². The second-order valence-corrected chi connectivity index (χ2v) is 5.65. The van der Waals surface area contributed by atoms with Crippen molar-refractivity contribution in [2.24, 2.45) is 0 Å². The van der Waals surface area contributed by atoms with Crippen molar-refractivity contribution in [3.63, 3.8) is 0 Å². The molecule has 8 heteroatoms. The molecule has 1 unspecified atom stereocenters. The van der Waals surface area contributed by atoms with Gasteiger partial charge in [0.05, 0.1) is 0 Å². The summed E-state index contributed by atoms with van der Waals surface area (Å²) in [4.78, 5) is 16.5. The number of hydrogen-bond acceptors (Lipinski definition) is 4. The molecule has 0 radical (unpaired) electrons. The molecule has 1 aromatic rings. The zero-order chi connectivity index (χ0) is 12.6. The molecule has 5 nitrogen and oxygen atoms in total. The van der Waals surface area contributed by atoms with Crippen LogP contribution in [-0.4, -0.2) is 31.1 Å². The van der Waals surface area contributed by atoms with Gasteiger partial charge in [-0.3, -0.25) is 4.79 Å². The van der Waals surface area contributed by atoms with Crippen molar-refractivity contribution in [3.8, 4) is 0 Å². The van der Waals surface area contributed by atoms with Gasteiger partial charge in [-0.05, 0) is 12.1 Å². The number of hydrogen-bond donors (Lipinski definition) is 0. The molecule has 1 atom stereocenters. The Bertz CT molecular complexity index is 563. The van der Waals surface area contributed by atoms with Gasteiger partial charge in [-0.2, -0.15) is 8.42 Å². The molecule has 1 aromatic heterocycles. The van der Waals surface area contributed by atoms with E-state index in [1.54, 1.807) is 0 Å². The molecular formula is C9H8ClFN2O3S. The normalized spacial score (nSPS) is 20.9. The third-order valence-electron chi connectivity index (χ3n) is 2.51. The van der Waals surface area contributed by atoms with Gasteiger partial charge >= 0.3 is 10.2 Å². The van der Waals surface area contributed by atoms with E-state index in [1.165, 1.54) is 23.2 Å². The van der Waals surface area contributed by atoms with Crippen molar-refractivity contribution in [2.45, 2.75) is 11.7 Å². The van der Waals surface area contributed by atoms with Gasteiger partial charge in [-0.25, -0.2) is 4.98 Å². The van der Waals surface area contributed by atoms with Crippen molar-refractivity contribution in [1.82, 2.24) is 4.98 Å². The van der Waals surface area contributed by atoms with Crippen LogP contribution in [0.25, 0.3) is 0 Å². The first-order chi connectivity index (χ1) is 7.88. The van der Waals surface area contributed by atoms with Crippen LogP contribution < -0.4 is 4.90 Å². The van der Waals surface area contributed by atoms with Gasteiger partial charge in [-0.15, -0.1) is 3.89 Å². The maximum Gasteiger partial charge on any atom is 0.307 e. The van der Waals surface area contributed by atoms with Crippen LogP contribution in [-0.2, 0) is 15.0 Å². The predicted octanol–water partition coefficient (Wildman–Crippen LogP) is 1.14. The van der Waals surface area contributed by atoms with E-state index in [0.717, 1.165) is 0 Å². The summed E-state index contributed by atoms with van der Waals surface area (Å²) in [5, 5.41) is -1.12. The topological polar surface area (TPSA) is 67.3 Å². The third kappa shape index (κ3) is 2.55. The van der Waals surface area contributed by atoms with Crippen molar-refractivity contribution in [3.05, 3.63) is 23.5 Å². The van der Waals surface area contributed by atoms with Crippen LogP contribution in [0.15, 0.2) is 18.3 Å². The molecule has 1 saturated heterocycles. The van der Waals surface area contributed by atoms with Gasteiger partial charge in [0.1, 0.15) is 10.4 Å². The first-order valence-electron chi connectivity index (χ1n) is 4.73. The molecule has 0 saturated carbocycles. The van der Waals surface area contributed by atoms with Crippen LogP contribution in [0.1, 0.15) is 6.42 Å². The molecule has 1 fully saturated rings. The molecule has 2 rings (SSSR count). The summed E-state index contributed by atoms with van der Waals surface area (Å²) in [5.74, 6) is -0.446. The largest absolute Gasteiger partial charge is 0.311 e. The molecule has 92 valence electrons. The van der Waals surface area contributed by atoms with E-state index in [2.05, 4.69) is 4.98 Å². The molecule has 0 spiro atoms. The zero-order valence-corrected chi connectivity index (χ0v) is 10.1. The number of halogens is 2. The summed E-state index contributed by atoms with van der Waals surface area (Å²) in [6.45, 7) is -0.196. The lowest BCUT2D eigenvalue weighted by Gasteiger charge is -2.15. The van der Waals surface area contributed by atoms with Crippen molar-refractivity contribution >= 4 is 33.4 Å². The van der Waals surface area contributed by atoms with Gasteiger partial charge in [-0.1, -0.05) is 11.6 Å². The lowest BCUT2D eigenvalue weighted by atomic mass is 10.3. The maximum atomic E-state index is 12.8. The second-order valence-electron chi connectivity index (χ2n) is 3.64. The minimum atomic E-state index is -4.70. The average molecular weight is 279 g/mol. The van der Waals surface area contributed by atoms with Crippen LogP contribution in [0.3, 0.4) is 0 Å². The van der Waals surface area contributed by atoms with Gasteiger partial charge in [0.2, 0.25) is 5.91 Å². The summed E-state index contributed by atoms with van der Waals surface area (Å²) in [5.41, 5.74) is 0.418. The van der Waals surface area contributed by atoms with Crippen molar-refractivity contribution < 1.29 is 17.1 Å². The van der Waals surface area contributed by atoms with E-state index < -0.39 is 21.4 Å². The van der Waals surface area contributed by atoms with Gasteiger partial charge in [0.15, 0.2) is 0 Å². The molecule has 0 aromatic carbocycles. The van der Waals surface area contributed by atoms with E-state index in [-0.39, 0.29) is 18.1 Å². The number of pyridine rings is 1. The Balaban J connectivity index is 2.28. The molecule has 1 amide bonds.